The van der Waals surface area contributed by atoms with Crippen molar-refractivity contribution in [1.29, 1.82) is 0 Å². The van der Waals surface area contributed by atoms with Crippen LogP contribution in [-0.2, 0) is 16.1 Å². The first-order chi connectivity index (χ1) is 10.1. The van der Waals surface area contributed by atoms with Gasteiger partial charge >= 0.3 is 5.97 Å². The number of nitrogens with one attached hydrogen (secondary N) is 1. The van der Waals surface area contributed by atoms with Crippen LogP contribution in [0.25, 0.3) is 0 Å². The maximum atomic E-state index is 11.9. The molecule has 0 fully saturated rings. The van der Waals surface area contributed by atoms with E-state index in [9.17, 15) is 9.59 Å². The zero-order valence-corrected chi connectivity index (χ0v) is 11.6. The molecule has 1 heterocycles. The quantitative estimate of drug-likeness (QED) is 0.807. The molecular formula is C14H16N4O3. The molecule has 0 aliphatic rings. The summed E-state index contributed by atoms with van der Waals surface area (Å²) in [4.78, 5) is 23.5. The van der Waals surface area contributed by atoms with Crippen molar-refractivity contribution < 1.29 is 14.3 Å². The van der Waals surface area contributed by atoms with Crippen molar-refractivity contribution in [3.63, 3.8) is 0 Å². The molecule has 7 nitrogen and oxygen atoms in total. The normalized spacial score (nSPS) is 10.1. The number of aromatic nitrogens is 2. The van der Waals surface area contributed by atoms with Gasteiger partial charge in [-0.15, -0.1) is 0 Å². The molecule has 1 aromatic carbocycles. The first kappa shape index (κ1) is 14.6. The number of amides is 1. The van der Waals surface area contributed by atoms with Crippen LogP contribution >= 0.6 is 0 Å². The van der Waals surface area contributed by atoms with E-state index >= 15 is 0 Å². The molecule has 2 aromatic rings. The topological polar surface area (TPSA) is 99.2 Å². The fraction of sp³-hybridized carbons (Fsp3) is 0.214. The average Bonchev–Trinajstić information content (AvgIpc) is 2.84. The number of nitrogen functional groups attached to an aromatic ring is 1. The lowest BCUT2D eigenvalue weighted by Crippen LogP contribution is -2.19. The third-order valence-corrected chi connectivity index (χ3v) is 2.62. The average molecular weight is 288 g/mol. The third kappa shape index (κ3) is 4.07. The van der Waals surface area contributed by atoms with E-state index < -0.39 is 5.97 Å². The minimum Gasteiger partial charge on any atom is -0.462 e. The van der Waals surface area contributed by atoms with Crippen molar-refractivity contribution in [2.75, 3.05) is 17.7 Å². The number of rotatable bonds is 5. The molecule has 110 valence electrons. The molecule has 21 heavy (non-hydrogen) atoms. The molecule has 0 atom stereocenters. The molecule has 0 saturated carbocycles. The van der Waals surface area contributed by atoms with Crippen molar-refractivity contribution in [3.8, 4) is 0 Å². The van der Waals surface area contributed by atoms with Crippen molar-refractivity contribution in [2.45, 2.75) is 13.5 Å². The van der Waals surface area contributed by atoms with Gasteiger partial charge < -0.3 is 15.8 Å². The van der Waals surface area contributed by atoms with Gasteiger partial charge in [0.1, 0.15) is 6.54 Å². The lowest BCUT2D eigenvalue weighted by atomic mass is 10.2. The van der Waals surface area contributed by atoms with E-state index in [0.29, 0.717) is 23.5 Å². The summed E-state index contributed by atoms with van der Waals surface area (Å²) >= 11 is 0. The summed E-state index contributed by atoms with van der Waals surface area (Å²) in [6, 6.07) is 6.56. The number of ether oxygens (including phenoxy) is 1. The van der Waals surface area contributed by atoms with Gasteiger partial charge in [0.15, 0.2) is 0 Å². The molecule has 0 spiro atoms. The van der Waals surface area contributed by atoms with Crippen LogP contribution in [0.4, 0.5) is 11.4 Å². The summed E-state index contributed by atoms with van der Waals surface area (Å²) in [7, 11) is 0. The third-order valence-electron chi connectivity index (χ3n) is 2.62. The van der Waals surface area contributed by atoms with E-state index in [-0.39, 0.29) is 12.5 Å². The van der Waals surface area contributed by atoms with Crippen LogP contribution in [-0.4, -0.2) is 28.3 Å². The maximum Gasteiger partial charge on any atom is 0.338 e. The van der Waals surface area contributed by atoms with Crippen molar-refractivity contribution in [3.05, 3.63) is 42.2 Å². The molecule has 1 amide bonds. The molecule has 2 rings (SSSR count). The second-order valence-electron chi connectivity index (χ2n) is 4.32. The van der Waals surface area contributed by atoms with E-state index in [2.05, 4.69) is 10.4 Å². The van der Waals surface area contributed by atoms with Crippen LogP contribution < -0.4 is 11.1 Å². The minimum atomic E-state index is -0.423. The second kappa shape index (κ2) is 6.56. The predicted octanol–water partition coefficient (Wildman–Crippen LogP) is 1.28. The predicted molar refractivity (Wildman–Crippen MR) is 77.7 cm³/mol. The zero-order chi connectivity index (χ0) is 15.2. The molecule has 0 saturated heterocycles. The molecule has 1 aromatic heterocycles. The van der Waals surface area contributed by atoms with Gasteiger partial charge in [0.2, 0.25) is 5.91 Å². The van der Waals surface area contributed by atoms with Crippen LogP contribution in [0, 0.1) is 0 Å². The van der Waals surface area contributed by atoms with Gasteiger partial charge in [0.25, 0.3) is 0 Å². The molecular weight excluding hydrogens is 272 g/mol. The second-order valence-corrected chi connectivity index (χ2v) is 4.32. The number of carbonyl (C=O) groups excluding carboxylic acids is 2. The Balaban J connectivity index is 2.00. The van der Waals surface area contributed by atoms with Crippen LogP contribution in [0.1, 0.15) is 17.3 Å². The monoisotopic (exact) mass is 288 g/mol. The van der Waals surface area contributed by atoms with E-state index in [1.165, 1.54) is 10.9 Å². The van der Waals surface area contributed by atoms with Crippen LogP contribution in [0.15, 0.2) is 36.7 Å². The van der Waals surface area contributed by atoms with E-state index in [4.69, 9.17) is 10.5 Å². The van der Waals surface area contributed by atoms with Gasteiger partial charge in [-0.2, -0.15) is 5.10 Å². The zero-order valence-electron chi connectivity index (χ0n) is 11.6. The minimum absolute atomic E-state index is 0.0425. The summed E-state index contributed by atoms with van der Waals surface area (Å²) in [6.07, 6.45) is 3.03. The largest absolute Gasteiger partial charge is 0.462 e. The Bertz CT molecular complexity index is 651. The van der Waals surface area contributed by atoms with Gasteiger partial charge in [-0.25, -0.2) is 4.79 Å². The Hall–Kier alpha value is -2.83. The van der Waals surface area contributed by atoms with Gasteiger partial charge in [-0.05, 0) is 25.1 Å². The van der Waals surface area contributed by atoms with Gasteiger partial charge in [-0.1, -0.05) is 6.07 Å². The number of hydrogen-bond acceptors (Lipinski definition) is 5. The SMILES string of the molecule is CCOC(=O)c1cccc(NC(=O)Cn2cc(N)cn2)c1. The summed E-state index contributed by atoms with van der Waals surface area (Å²) in [6.45, 7) is 2.08. The van der Waals surface area contributed by atoms with E-state index in [0.717, 1.165) is 0 Å². The highest BCUT2D eigenvalue weighted by Gasteiger charge is 2.09. The number of hydrogen-bond donors (Lipinski definition) is 2. The number of nitrogens with zero attached hydrogens (tertiary/aromatic N) is 2. The number of esters is 1. The Morgan fingerprint density at radius 1 is 1.43 bits per heavy atom. The van der Waals surface area contributed by atoms with Gasteiger partial charge in [0.05, 0.1) is 24.1 Å². The summed E-state index contributed by atoms with van der Waals surface area (Å²) < 4.78 is 6.34. The number of benzene rings is 1. The number of anilines is 2. The highest BCUT2D eigenvalue weighted by molar-refractivity contribution is 5.94. The standard InChI is InChI=1S/C14H16N4O3/c1-2-21-14(20)10-4-3-5-12(6-10)17-13(19)9-18-8-11(15)7-16-18/h3-8H,2,9,15H2,1H3,(H,17,19). The molecule has 0 bridgehead atoms. The molecule has 0 radical (unpaired) electrons. The Labute approximate surface area is 121 Å². The lowest BCUT2D eigenvalue weighted by Gasteiger charge is -2.07. The van der Waals surface area contributed by atoms with Gasteiger partial charge in [-0.3, -0.25) is 9.48 Å². The molecule has 0 aliphatic heterocycles. The molecule has 3 N–H and O–H groups in total. The number of nitrogens with two attached hydrogens (primary N) is 1. The van der Waals surface area contributed by atoms with E-state index in [1.807, 2.05) is 0 Å². The Morgan fingerprint density at radius 2 is 2.24 bits per heavy atom. The highest BCUT2D eigenvalue weighted by Crippen LogP contribution is 2.12. The summed E-state index contributed by atoms with van der Waals surface area (Å²) in [5.74, 6) is -0.687. The van der Waals surface area contributed by atoms with Crippen molar-refractivity contribution >= 4 is 23.3 Å². The molecule has 7 heteroatoms. The molecule has 0 unspecified atom stereocenters. The fourth-order valence-corrected chi connectivity index (χ4v) is 1.75. The summed E-state index contributed by atoms with van der Waals surface area (Å²) in [5, 5.41) is 6.61. The summed E-state index contributed by atoms with van der Waals surface area (Å²) in [5.41, 5.74) is 6.92. The highest BCUT2D eigenvalue weighted by atomic mass is 16.5. The van der Waals surface area contributed by atoms with E-state index in [1.54, 1.807) is 37.4 Å². The Kier molecular flexibility index (Phi) is 4.55. The number of carbonyl (C=O) groups is 2. The van der Waals surface area contributed by atoms with Crippen molar-refractivity contribution in [1.82, 2.24) is 9.78 Å². The van der Waals surface area contributed by atoms with Crippen molar-refractivity contribution in [2.24, 2.45) is 0 Å². The smallest absolute Gasteiger partial charge is 0.338 e. The first-order valence-electron chi connectivity index (χ1n) is 6.43. The Morgan fingerprint density at radius 3 is 2.90 bits per heavy atom. The van der Waals surface area contributed by atoms with Gasteiger partial charge in [0, 0.05) is 11.9 Å². The van der Waals surface area contributed by atoms with Crippen LogP contribution in [0.5, 0.6) is 0 Å². The molecule has 0 aliphatic carbocycles. The van der Waals surface area contributed by atoms with Crippen LogP contribution in [0.2, 0.25) is 0 Å². The maximum absolute atomic E-state index is 11.9. The van der Waals surface area contributed by atoms with Crippen LogP contribution in [0.3, 0.4) is 0 Å². The fourth-order valence-electron chi connectivity index (χ4n) is 1.75. The lowest BCUT2D eigenvalue weighted by molar-refractivity contribution is -0.116. The first-order valence-corrected chi connectivity index (χ1v) is 6.43.